The van der Waals surface area contributed by atoms with Crippen molar-refractivity contribution in [2.45, 2.75) is 18.9 Å². The van der Waals surface area contributed by atoms with E-state index in [0.717, 1.165) is 12.8 Å². The van der Waals surface area contributed by atoms with Crippen LogP contribution in [0.1, 0.15) is 23.3 Å². The van der Waals surface area contributed by atoms with Gasteiger partial charge in [0.2, 0.25) is 5.91 Å². The Morgan fingerprint density at radius 2 is 2.28 bits per heavy atom. The van der Waals surface area contributed by atoms with Gasteiger partial charge in [-0.3, -0.25) is 9.78 Å². The lowest BCUT2D eigenvalue weighted by atomic mass is 10.2. The number of carbonyl (C=O) groups is 2. The van der Waals surface area contributed by atoms with Crippen molar-refractivity contribution in [3.63, 3.8) is 0 Å². The molecule has 7 heteroatoms. The number of hydrogen-bond acceptors (Lipinski definition) is 5. The number of aromatic carboxylic acids is 1. The largest absolute Gasteiger partial charge is 0.476 e. The molecule has 0 aliphatic carbocycles. The molecule has 1 amide bonds. The van der Waals surface area contributed by atoms with Gasteiger partial charge in [-0.05, 0) is 12.8 Å². The van der Waals surface area contributed by atoms with Gasteiger partial charge in [0.15, 0.2) is 5.69 Å². The van der Waals surface area contributed by atoms with Gasteiger partial charge in [0.1, 0.15) is 11.9 Å². The number of rotatable bonds is 3. The lowest BCUT2D eigenvalue weighted by Gasteiger charge is -2.23. The van der Waals surface area contributed by atoms with Gasteiger partial charge >= 0.3 is 5.97 Å². The molecule has 0 spiro atoms. The Kier molecular flexibility index (Phi) is 3.40. The van der Waals surface area contributed by atoms with E-state index in [1.54, 1.807) is 11.9 Å². The summed E-state index contributed by atoms with van der Waals surface area (Å²) in [7, 11) is 1.58. The number of anilines is 1. The Morgan fingerprint density at radius 3 is 2.94 bits per heavy atom. The summed E-state index contributed by atoms with van der Waals surface area (Å²) in [6, 6.07) is -0.298. The highest BCUT2D eigenvalue weighted by atomic mass is 16.4. The van der Waals surface area contributed by atoms with Crippen LogP contribution in [0.4, 0.5) is 5.82 Å². The van der Waals surface area contributed by atoms with E-state index in [-0.39, 0.29) is 17.6 Å². The van der Waals surface area contributed by atoms with Gasteiger partial charge in [0.25, 0.3) is 0 Å². The molecule has 2 heterocycles. The number of nitrogens with zero attached hydrogens (tertiary/aromatic N) is 3. The number of likely N-dealkylation sites (N-methyl/N-ethyl adjacent to an activating group) is 1. The summed E-state index contributed by atoms with van der Waals surface area (Å²) >= 11 is 0. The summed E-state index contributed by atoms with van der Waals surface area (Å²) < 4.78 is 0. The minimum Gasteiger partial charge on any atom is -0.476 e. The lowest BCUT2D eigenvalue weighted by Crippen LogP contribution is -2.42. The third-order valence-electron chi connectivity index (χ3n) is 2.94. The average molecular weight is 250 g/mol. The first-order valence-electron chi connectivity index (χ1n) is 5.67. The van der Waals surface area contributed by atoms with E-state index >= 15 is 0 Å². The van der Waals surface area contributed by atoms with Gasteiger partial charge in [-0.1, -0.05) is 0 Å². The fourth-order valence-corrected chi connectivity index (χ4v) is 2.08. The van der Waals surface area contributed by atoms with Crippen LogP contribution in [0.3, 0.4) is 0 Å². The molecule has 1 fully saturated rings. The van der Waals surface area contributed by atoms with E-state index in [4.69, 9.17) is 5.11 Å². The third-order valence-corrected chi connectivity index (χ3v) is 2.94. The van der Waals surface area contributed by atoms with Gasteiger partial charge in [-0.25, -0.2) is 9.78 Å². The molecule has 18 heavy (non-hydrogen) atoms. The van der Waals surface area contributed by atoms with E-state index in [0.29, 0.717) is 12.4 Å². The first-order valence-corrected chi connectivity index (χ1v) is 5.67. The van der Waals surface area contributed by atoms with E-state index < -0.39 is 5.97 Å². The van der Waals surface area contributed by atoms with Gasteiger partial charge in [-0.15, -0.1) is 0 Å². The minimum atomic E-state index is -1.12. The highest BCUT2D eigenvalue weighted by Crippen LogP contribution is 2.23. The lowest BCUT2D eigenvalue weighted by molar-refractivity contribution is -0.121. The van der Waals surface area contributed by atoms with E-state index in [1.165, 1.54) is 12.4 Å². The highest BCUT2D eigenvalue weighted by Gasteiger charge is 2.31. The maximum atomic E-state index is 11.7. The molecule has 1 aromatic heterocycles. The Morgan fingerprint density at radius 1 is 1.50 bits per heavy atom. The second-order valence-corrected chi connectivity index (χ2v) is 4.03. The second kappa shape index (κ2) is 4.99. The molecule has 1 atom stereocenters. The summed E-state index contributed by atoms with van der Waals surface area (Å²) in [5.74, 6) is -0.781. The van der Waals surface area contributed by atoms with Crippen LogP contribution in [0.15, 0.2) is 12.4 Å². The molecular weight excluding hydrogens is 236 g/mol. The SMILES string of the molecule is CNC(=O)C1CCCN1c1cncc(C(=O)O)n1. The third kappa shape index (κ3) is 2.24. The van der Waals surface area contributed by atoms with Crippen molar-refractivity contribution in [3.8, 4) is 0 Å². The summed E-state index contributed by atoms with van der Waals surface area (Å²) in [5, 5.41) is 11.5. The van der Waals surface area contributed by atoms with Crippen LogP contribution in [0, 0.1) is 0 Å². The Hall–Kier alpha value is -2.18. The molecule has 7 nitrogen and oxygen atoms in total. The molecule has 96 valence electrons. The maximum absolute atomic E-state index is 11.7. The number of nitrogens with one attached hydrogen (secondary N) is 1. The number of carbonyl (C=O) groups excluding carboxylic acids is 1. The Balaban J connectivity index is 2.27. The predicted octanol–water partition coefficient (Wildman–Crippen LogP) is -0.110. The average Bonchev–Trinajstić information content (AvgIpc) is 2.87. The summed E-state index contributed by atoms with van der Waals surface area (Å²) in [4.78, 5) is 32.2. The van der Waals surface area contributed by atoms with Crippen molar-refractivity contribution in [2.24, 2.45) is 0 Å². The maximum Gasteiger partial charge on any atom is 0.356 e. The first-order chi connectivity index (χ1) is 8.63. The quantitative estimate of drug-likeness (QED) is 0.777. The second-order valence-electron chi connectivity index (χ2n) is 4.03. The van der Waals surface area contributed by atoms with E-state index in [2.05, 4.69) is 15.3 Å². The first kappa shape index (κ1) is 12.3. The van der Waals surface area contributed by atoms with Crippen LogP contribution in [0.25, 0.3) is 0 Å². The standard InChI is InChI=1S/C11H14N4O3/c1-12-10(16)8-3-2-4-15(8)9-6-13-5-7(14-9)11(17)18/h5-6,8H,2-4H2,1H3,(H,12,16)(H,17,18). The fourth-order valence-electron chi connectivity index (χ4n) is 2.08. The zero-order valence-corrected chi connectivity index (χ0v) is 9.96. The van der Waals surface area contributed by atoms with Crippen molar-refractivity contribution in [3.05, 3.63) is 18.1 Å². The van der Waals surface area contributed by atoms with Crippen molar-refractivity contribution < 1.29 is 14.7 Å². The molecule has 1 aliphatic heterocycles. The van der Waals surface area contributed by atoms with E-state index in [9.17, 15) is 9.59 Å². The van der Waals surface area contributed by atoms with Crippen LogP contribution in [-0.2, 0) is 4.79 Å². The van der Waals surface area contributed by atoms with Crippen LogP contribution in [-0.4, -0.2) is 46.6 Å². The molecule has 0 bridgehead atoms. The van der Waals surface area contributed by atoms with E-state index in [1.807, 2.05) is 0 Å². The Bertz CT molecular complexity index is 477. The summed E-state index contributed by atoms with van der Waals surface area (Å²) in [6.45, 7) is 0.676. The van der Waals surface area contributed by atoms with Crippen LogP contribution >= 0.6 is 0 Å². The van der Waals surface area contributed by atoms with Crippen molar-refractivity contribution in [1.82, 2.24) is 15.3 Å². The molecule has 0 radical (unpaired) electrons. The van der Waals surface area contributed by atoms with Crippen LogP contribution in [0.5, 0.6) is 0 Å². The number of hydrogen-bond donors (Lipinski definition) is 2. The monoisotopic (exact) mass is 250 g/mol. The number of aromatic nitrogens is 2. The van der Waals surface area contributed by atoms with Gasteiger partial charge in [-0.2, -0.15) is 0 Å². The van der Waals surface area contributed by atoms with Gasteiger partial charge < -0.3 is 15.3 Å². The molecule has 2 N–H and O–H groups in total. The van der Waals surface area contributed by atoms with Gasteiger partial charge in [0, 0.05) is 13.6 Å². The molecule has 2 rings (SSSR count). The van der Waals surface area contributed by atoms with Crippen LogP contribution < -0.4 is 10.2 Å². The van der Waals surface area contributed by atoms with Crippen molar-refractivity contribution >= 4 is 17.7 Å². The molecular formula is C11H14N4O3. The molecule has 0 aromatic carbocycles. The number of carboxylic acid groups (broad SMARTS) is 1. The van der Waals surface area contributed by atoms with Gasteiger partial charge in [0.05, 0.1) is 12.4 Å². The molecule has 1 aliphatic rings. The van der Waals surface area contributed by atoms with Crippen molar-refractivity contribution in [2.75, 3.05) is 18.5 Å². The molecule has 1 aromatic rings. The predicted molar refractivity (Wildman–Crippen MR) is 63.4 cm³/mol. The van der Waals surface area contributed by atoms with Crippen LogP contribution in [0.2, 0.25) is 0 Å². The molecule has 0 saturated carbocycles. The number of carboxylic acids is 1. The summed E-state index contributed by atoms with van der Waals surface area (Å²) in [6.07, 6.45) is 4.28. The number of amides is 1. The minimum absolute atomic E-state index is 0.0879. The highest BCUT2D eigenvalue weighted by molar-refractivity contribution is 5.87. The molecule has 1 saturated heterocycles. The normalized spacial score (nSPS) is 18.7. The topological polar surface area (TPSA) is 95.4 Å². The zero-order chi connectivity index (χ0) is 13.1. The zero-order valence-electron chi connectivity index (χ0n) is 9.96. The fraction of sp³-hybridized carbons (Fsp3) is 0.455. The smallest absolute Gasteiger partial charge is 0.356 e. The summed E-state index contributed by atoms with van der Waals surface area (Å²) in [5.41, 5.74) is -0.116. The Labute approximate surface area is 104 Å². The van der Waals surface area contributed by atoms with Crippen molar-refractivity contribution in [1.29, 1.82) is 0 Å². The molecule has 1 unspecified atom stereocenters.